The van der Waals surface area contributed by atoms with Gasteiger partial charge >= 0.3 is 6.18 Å². The molecule has 10 heteroatoms. The van der Waals surface area contributed by atoms with Crippen LogP contribution in [-0.2, 0) is 22.3 Å². The van der Waals surface area contributed by atoms with Gasteiger partial charge in [-0.2, -0.15) is 13.2 Å². The van der Waals surface area contributed by atoms with E-state index in [0.29, 0.717) is 12.1 Å². The Morgan fingerprint density at radius 3 is 2.57 bits per heavy atom. The zero-order valence-electron chi connectivity index (χ0n) is 17.0. The van der Waals surface area contributed by atoms with Crippen LogP contribution in [0.5, 0.6) is 5.75 Å². The maximum atomic E-state index is 13.6. The van der Waals surface area contributed by atoms with E-state index in [4.69, 9.17) is 4.74 Å². The number of nitrogens with one attached hydrogen (secondary N) is 1. The average Bonchev–Trinajstić information content (AvgIpc) is 3.11. The van der Waals surface area contributed by atoms with Gasteiger partial charge in [-0.15, -0.1) is 11.3 Å². The number of aromatic nitrogens is 1. The molecule has 0 bridgehead atoms. The molecule has 164 valence electrons. The normalized spacial score (nSPS) is 11.3. The topological polar surface area (TPSA) is 71.5 Å². The monoisotopic (exact) mass is 443 g/mol. The van der Waals surface area contributed by atoms with Crippen molar-refractivity contribution in [1.82, 2.24) is 10.3 Å². The van der Waals surface area contributed by atoms with Crippen molar-refractivity contribution in [3.05, 3.63) is 34.8 Å². The second kappa shape index (κ2) is 10.4. The summed E-state index contributed by atoms with van der Waals surface area (Å²) < 4.78 is 46.2. The molecule has 30 heavy (non-hydrogen) atoms. The van der Waals surface area contributed by atoms with Gasteiger partial charge in [0.25, 0.3) is 0 Å². The van der Waals surface area contributed by atoms with E-state index in [1.807, 2.05) is 6.92 Å². The number of ether oxygens (including phenoxy) is 1. The Morgan fingerprint density at radius 2 is 1.97 bits per heavy atom. The lowest BCUT2D eigenvalue weighted by molar-refractivity contribution is -0.139. The van der Waals surface area contributed by atoms with Crippen molar-refractivity contribution in [2.75, 3.05) is 11.5 Å². The van der Waals surface area contributed by atoms with Crippen LogP contribution in [0.25, 0.3) is 0 Å². The van der Waals surface area contributed by atoms with Crippen LogP contribution in [0.1, 0.15) is 51.3 Å². The molecule has 0 radical (unpaired) electrons. The van der Waals surface area contributed by atoms with Crippen LogP contribution < -0.4 is 15.0 Å². The number of hydrogen-bond acceptors (Lipinski definition) is 5. The number of hydrogen-bond donors (Lipinski definition) is 1. The fourth-order valence-corrected chi connectivity index (χ4v) is 3.55. The number of amides is 2. The number of unbranched alkanes of at least 4 members (excludes halogenated alkanes) is 2. The summed E-state index contributed by atoms with van der Waals surface area (Å²) in [5, 5.41) is 4.44. The molecule has 0 atom stereocenters. The van der Waals surface area contributed by atoms with Gasteiger partial charge in [-0.3, -0.25) is 14.5 Å². The van der Waals surface area contributed by atoms with Crippen molar-refractivity contribution in [3.63, 3.8) is 0 Å². The molecule has 6 nitrogen and oxygen atoms in total. The Hall–Kier alpha value is -2.62. The summed E-state index contributed by atoms with van der Waals surface area (Å²) in [5.74, 6) is -0.992. The zero-order valence-corrected chi connectivity index (χ0v) is 17.8. The van der Waals surface area contributed by atoms with Gasteiger partial charge in [0.2, 0.25) is 11.8 Å². The Morgan fingerprint density at radius 1 is 1.23 bits per heavy atom. The number of carbonyl (C=O) groups is 2. The minimum absolute atomic E-state index is 0.0381. The van der Waals surface area contributed by atoms with Gasteiger partial charge in [-0.25, -0.2) is 4.98 Å². The highest BCUT2D eigenvalue weighted by Crippen LogP contribution is 2.40. The number of rotatable bonds is 9. The Labute approximate surface area is 177 Å². The maximum Gasteiger partial charge on any atom is 0.420 e. The highest BCUT2D eigenvalue weighted by atomic mass is 32.1. The van der Waals surface area contributed by atoms with Crippen LogP contribution in [0.4, 0.5) is 24.0 Å². The largest absolute Gasteiger partial charge is 0.493 e. The van der Waals surface area contributed by atoms with Crippen molar-refractivity contribution < 1.29 is 27.5 Å². The summed E-state index contributed by atoms with van der Waals surface area (Å²) in [4.78, 5) is 28.6. The van der Waals surface area contributed by atoms with Crippen molar-refractivity contribution in [1.29, 1.82) is 0 Å². The van der Waals surface area contributed by atoms with Crippen molar-refractivity contribution in [3.8, 4) is 5.75 Å². The summed E-state index contributed by atoms with van der Waals surface area (Å²) in [5.41, 5.74) is -0.405. The molecule has 0 spiro atoms. The molecule has 0 aliphatic heterocycles. The highest BCUT2D eigenvalue weighted by Gasteiger charge is 2.35. The summed E-state index contributed by atoms with van der Waals surface area (Å²) >= 11 is 1.10. The fraction of sp³-hybridized carbons (Fsp3) is 0.450. The number of alkyl halides is 3. The molecule has 1 N–H and O–H groups in total. The van der Waals surface area contributed by atoms with E-state index in [2.05, 4.69) is 10.3 Å². The van der Waals surface area contributed by atoms with Crippen LogP contribution >= 0.6 is 11.3 Å². The predicted molar refractivity (Wildman–Crippen MR) is 109 cm³/mol. The van der Waals surface area contributed by atoms with Crippen LogP contribution in [0.2, 0.25) is 0 Å². The standard InChI is InChI=1S/C20H24F3N3O3S/c1-4-5-6-9-29-18-8-7-16(10-17(18)20(21,22)23)26(14(3)28)19-25-15(12-30-19)11-24-13(2)27/h7-8,10,12H,4-6,9,11H2,1-3H3,(H,24,27). The Balaban J connectivity index is 2.34. The summed E-state index contributed by atoms with van der Waals surface area (Å²) in [7, 11) is 0. The molecule has 1 heterocycles. The number of benzene rings is 1. The lowest BCUT2D eigenvalue weighted by Gasteiger charge is -2.21. The summed E-state index contributed by atoms with van der Waals surface area (Å²) in [6, 6.07) is 3.53. The first-order valence-electron chi connectivity index (χ1n) is 9.47. The van der Waals surface area contributed by atoms with E-state index in [-0.39, 0.29) is 35.6 Å². The second-order valence-corrected chi connectivity index (χ2v) is 7.46. The van der Waals surface area contributed by atoms with Gasteiger partial charge in [0, 0.05) is 19.2 Å². The van der Waals surface area contributed by atoms with Gasteiger partial charge in [0.1, 0.15) is 5.75 Å². The molecular formula is C20H24F3N3O3S. The number of anilines is 2. The molecule has 2 aromatic rings. The third-order valence-electron chi connectivity index (χ3n) is 4.10. The molecule has 1 aromatic carbocycles. The lowest BCUT2D eigenvalue weighted by atomic mass is 10.1. The molecule has 0 saturated heterocycles. The van der Waals surface area contributed by atoms with Crippen molar-refractivity contribution >= 4 is 34.0 Å². The van der Waals surface area contributed by atoms with E-state index < -0.39 is 17.6 Å². The smallest absolute Gasteiger partial charge is 0.420 e. The first kappa shape index (κ1) is 23.7. The van der Waals surface area contributed by atoms with Gasteiger partial charge in [-0.05, 0) is 24.6 Å². The molecule has 2 amide bonds. The molecular weight excluding hydrogens is 419 g/mol. The summed E-state index contributed by atoms with van der Waals surface area (Å²) in [6.45, 7) is 4.95. The number of carbonyl (C=O) groups excluding carboxylic acids is 2. The van der Waals surface area contributed by atoms with Gasteiger partial charge in [-0.1, -0.05) is 19.8 Å². The van der Waals surface area contributed by atoms with E-state index in [9.17, 15) is 22.8 Å². The molecule has 0 fully saturated rings. The van der Waals surface area contributed by atoms with Gasteiger partial charge in [0.15, 0.2) is 5.13 Å². The van der Waals surface area contributed by atoms with Crippen LogP contribution in [-0.4, -0.2) is 23.4 Å². The fourth-order valence-electron chi connectivity index (χ4n) is 2.66. The first-order valence-corrected chi connectivity index (χ1v) is 10.3. The molecule has 2 rings (SSSR count). The molecule has 0 aliphatic rings. The van der Waals surface area contributed by atoms with Gasteiger partial charge in [0.05, 0.1) is 30.1 Å². The average molecular weight is 443 g/mol. The zero-order chi connectivity index (χ0) is 22.3. The lowest BCUT2D eigenvalue weighted by Crippen LogP contribution is -2.24. The third-order valence-corrected chi connectivity index (χ3v) is 4.97. The number of halogens is 3. The van der Waals surface area contributed by atoms with Crippen molar-refractivity contribution in [2.45, 2.75) is 52.8 Å². The van der Waals surface area contributed by atoms with Crippen LogP contribution in [0.15, 0.2) is 23.6 Å². The first-order chi connectivity index (χ1) is 14.1. The maximum absolute atomic E-state index is 13.6. The SMILES string of the molecule is CCCCCOc1ccc(N(C(C)=O)c2nc(CNC(C)=O)cs2)cc1C(F)(F)F. The molecule has 0 saturated carbocycles. The van der Waals surface area contributed by atoms with Crippen LogP contribution in [0, 0.1) is 0 Å². The Bertz CT molecular complexity index is 884. The minimum Gasteiger partial charge on any atom is -0.493 e. The van der Waals surface area contributed by atoms with Crippen LogP contribution in [0.3, 0.4) is 0 Å². The van der Waals surface area contributed by atoms with E-state index in [1.54, 1.807) is 5.38 Å². The molecule has 1 aromatic heterocycles. The third kappa shape index (κ3) is 6.45. The quantitative estimate of drug-likeness (QED) is 0.551. The minimum atomic E-state index is -4.64. The van der Waals surface area contributed by atoms with E-state index >= 15 is 0 Å². The number of thiazole rings is 1. The second-order valence-electron chi connectivity index (χ2n) is 6.62. The summed E-state index contributed by atoms with van der Waals surface area (Å²) in [6.07, 6.45) is -2.19. The molecule has 0 aliphatic carbocycles. The van der Waals surface area contributed by atoms with Gasteiger partial charge < -0.3 is 10.1 Å². The number of nitrogens with zero attached hydrogens (tertiary/aromatic N) is 2. The predicted octanol–water partition coefficient (Wildman–Crippen LogP) is 5.05. The van der Waals surface area contributed by atoms with Crippen molar-refractivity contribution in [2.24, 2.45) is 0 Å². The molecule has 0 unspecified atom stereocenters. The van der Waals surface area contributed by atoms with E-state index in [0.717, 1.165) is 35.1 Å². The van der Waals surface area contributed by atoms with E-state index in [1.165, 1.54) is 26.0 Å². The highest BCUT2D eigenvalue weighted by molar-refractivity contribution is 7.14. The Kier molecular flexibility index (Phi) is 8.22.